The summed E-state index contributed by atoms with van der Waals surface area (Å²) in [6, 6.07) is 6.26. The lowest BCUT2D eigenvalue weighted by molar-refractivity contribution is 0.151. The summed E-state index contributed by atoms with van der Waals surface area (Å²) in [5.41, 5.74) is 2.37. The molecule has 0 aromatic carbocycles. The molecule has 3 rings (SSSR count). The Balaban J connectivity index is 1.68. The predicted octanol–water partition coefficient (Wildman–Crippen LogP) is 3.89. The van der Waals surface area contributed by atoms with Gasteiger partial charge in [0, 0.05) is 23.8 Å². The average Bonchev–Trinajstić information content (AvgIpc) is 2.98. The summed E-state index contributed by atoms with van der Waals surface area (Å²) in [7, 11) is 0. The minimum Gasteiger partial charge on any atom is -0.333 e. The zero-order valence-electron chi connectivity index (χ0n) is 12.8. The smallest absolute Gasteiger partial charge is 0.318 e. The van der Waals surface area contributed by atoms with Gasteiger partial charge in [-0.15, -0.1) is 11.3 Å². The molecule has 1 aliphatic heterocycles. The predicted molar refractivity (Wildman–Crippen MR) is 88.8 cm³/mol. The van der Waals surface area contributed by atoms with Crippen molar-refractivity contribution in [3.05, 3.63) is 52.0 Å². The standard InChI is InChI=1S/C17H21N3OS/c1-13-7-10-22-16(13)12-19-17(21)20-9-3-2-6-15(20)14-5-4-8-18-11-14/h4-5,7-8,10-11,15H,2-3,6,9,12H2,1H3,(H,19,21)/t15-/m1/s1. The molecule has 1 atom stereocenters. The number of nitrogens with one attached hydrogen (secondary N) is 1. The lowest BCUT2D eigenvalue weighted by atomic mass is 9.97. The first kappa shape index (κ1) is 15.0. The van der Waals surface area contributed by atoms with E-state index in [4.69, 9.17) is 0 Å². The number of hydrogen-bond acceptors (Lipinski definition) is 3. The number of thiophene rings is 1. The number of piperidine rings is 1. The number of aromatic nitrogens is 1. The molecule has 2 amide bonds. The molecule has 0 aliphatic carbocycles. The van der Waals surface area contributed by atoms with E-state index in [1.54, 1.807) is 17.5 Å². The van der Waals surface area contributed by atoms with E-state index in [0.29, 0.717) is 6.54 Å². The van der Waals surface area contributed by atoms with Crippen LogP contribution in [-0.2, 0) is 6.54 Å². The summed E-state index contributed by atoms with van der Waals surface area (Å²) < 4.78 is 0. The Morgan fingerprint density at radius 1 is 1.45 bits per heavy atom. The van der Waals surface area contributed by atoms with E-state index in [1.165, 1.54) is 10.4 Å². The number of amides is 2. The van der Waals surface area contributed by atoms with Gasteiger partial charge in [0.05, 0.1) is 12.6 Å². The maximum absolute atomic E-state index is 12.6. The molecule has 0 spiro atoms. The van der Waals surface area contributed by atoms with E-state index in [0.717, 1.165) is 31.4 Å². The highest BCUT2D eigenvalue weighted by Gasteiger charge is 2.27. The van der Waals surface area contributed by atoms with Gasteiger partial charge in [-0.2, -0.15) is 0 Å². The SMILES string of the molecule is Cc1ccsc1CNC(=O)N1CCCC[C@@H]1c1cccnc1. The average molecular weight is 315 g/mol. The van der Waals surface area contributed by atoms with Crippen LogP contribution in [0.5, 0.6) is 0 Å². The molecular weight excluding hydrogens is 294 g/mol. The third-order valence-corrected chi connectivity index (χ3v) is 5.22. The third kappa shape index (κ3) is 3.30. The van der Waals surface area contributed by atoms with Crippen LogP contribution in [0.3, 0.4) is 0 Å². The quantitative estimate of drug-likeness (QED) is 0.934. The number of urea groups is 1. The van der Waals surface area contributed by atoms with Crippen LogP contribution < -0.4 is 5.32 Å². The highest BCUT2D eigenvalue weighted by molar-refractivity contribution is 7.10. The number of likely N-dealkylation sites (tertiary alicyclic amines) is 1. The van der Waals surface area contributed by atoms with E-state index < -0.39 is 0 Å². The third-order valence-electron chi connectivity index (χ3n) is 4.20. The zero-order chi connectivity index (χ0) is 15.4. The molecule has 0 saturated carbocycles. The van der Waals surface area contributed by atoms with Gasteiger partial charge in [-0.25, -0.2) is 4.79 Å². The fraction of sp³-hybridized carbons (Fsp3) is 0.412. The van der Waals surface area contributed by atoms with E-state index in [-0.39, 0.29) is 12.1 Å². The molecule has 0 bridgehead atoms. The molecule has 4 nitrogen and oxygen atoms in total. The molecule has 2 aromatic heterocycles. The number of pyridine rings is 1. The van der Waals surface area contributed by atoms with Crippen molar-refractivity contribution in [2.24, 2.45) is 0 Å². The van der Waals surface area contributed by atoms with Gasteiger partial charge >= 0.3 is 6.03 Å². The lowest BCUT2D eigenvalue weighted by Gasteiger charge is -2.35. The summed E-state index contributed by atoms with van der Waals surface area (Å²) in [6.45, 7) is 3.50. The molecule has 1 N–H and O–H groups in total. The van der Waals surface area contributed by atoms with Crippen molar-refractivity contribution in [2.45, 2.75) is 38.8 Å². The van der Waals surface area contributed by atoms with Crippen LogP contribution in [-0.4, -0.2) is 22.5 Å². The Kier molecular flexibility index (Phi) is 4.73. The number of aryl methyl sites for hydroxylation is 1. The number of rotatable bonds is 3. The molecule has 1 fully saturated rings. The molecule has 0 radical (unpaired) electrons. The number of nitrogens with zero attached hydrogens (tertiary/aromatic N) is 2. The van der Waals surface area contributed by atoms with Gasteiger partial charge in [-0.3, -0.25) is 4.98 Å². The topological polar surface area (TPSA) is 45.2 Å². The summed E-state index contributed by atoms with van der Waals surface area (Å²) in [5, 5.41) is 5.14. The van der Waals surface area contributed by atoms with Crippen LogP contribution in [0.4, 0.5) is 4.79 Å². The van der Waals surface area contributed by atoms with Crippen LogP contribution >= 0.6 is 11.3 Å². The Morgan fingerprint density at radius 2 is 2.36 bits per heavy atom. The van der Waals surface area contributed by atoms with E-state index in [2.05, 4.69) is 34.7 Å². The van der Waals surface area contributed by atoms with Crippen LogP contribution in [0.2, 0.25) is 0 Å². The first-order valence-electron chi connectivity index (χ1n) is 7.73. The first-order chi connectivity index (χ1) is 10.8. The first-order valence-corrected chi connectivity index (χ1v) is 8.61. The van der Waals surface area contributed by atoms with Gasteiger partial charge in [0.15, 0.2) is 0 Å². The number of hydrogen-bond donors (Lipinski definition) is 1. The van der Waals surface area contributed by atoms with Crippen molar-refractivity contribution in [1.29, 1.82) is 0 Å². The second-order valence-corrected chi connectivity index (χ2v) is 6.68. The summed E-state index contributed by atoms with van der Waals surface area (Å²) in [5.74, 6) is 0. The van der Waals surface area contributed by atoms with E-state index >= 15 is 0 Å². The van der Waals surface area contributed by atoms with Gasteiger partial charge in [0.25, 0.3) is 0 Å². The second-order valence-electron chi connectivity index (χ2n) is 5.68. The molecule has 22 heavy (non-hydrogen) atoms. The van der Waals surface area contributed by atoms with Gasteiger partial charge in [0.2, 0.25) is 0 Å². The van der Waals surface area contributed by atoms with Crippen LogP contribution in [0.25, 0.3) is 0 Å². The zero-order valence-corrected chi connectivity index (χ0v) is 13.6. The van der Waals surface area contributed by atoms with Crippen molar-refractivity contribution in [3.8, 4) is 0 Å². The Labute approximate surface area is 135 Å². The minimum atomic E-state index is 0.0290. The maximum Gasteiger partial charge on any atom is 0.318 e. The van der Waals surface area contributed by atoms with Crippen molar-refractivity contribution < 1.29 is 4.79 Å². The van der Waals surface area contributed by atoms with Crippen LogP contribution in [0.15, 0.2) is 36.0 Å². The molecule has 1 saturated heterocycles. The minimum absolute atomic E-state index is 0.0290. The molecule has 3 heterocycles. The Bertz CT molecular complexity index is 626. The normalized spacial score (nSPS) is 18.2. The molecular formula is C17H21N3OS. The molecule has 5 heteroatoms. The lowest BCUT2D eigenvalue weighted by Crippen LogP contribution is -2.44. The Hall–Kier alpha value is -1.88. The number of carbonyl (C=O) groups is 1. The van der Waals surface area contributed by atoms with Crippen molar-refractivity contribution in [1.82, 2.24) is 15.2 Å². The highest BCUT2D eigenvalue weighted by Crippen LogP contribution is 2.30. The van der Waals surface area contributed by atoms with Crippen LogP contribution in [0.1, 0.15) is 41.3 Å². The second kappa shape index (κ2) is 6.92. The van der Waals surface area contributed by atoms with Gasteiger partial charge in [-0.05, 0) is 54.8 Å². The van der Waals surface area contributed by atoms with Gasteiger partial charge in [-0.1, -0.05) is 6.07 Å². The summed E-state index contributed by atoms with van der Waals surface area (Å²) in [6.07, 6.45) is 6.89. The molecule has 1 aliphatic rings. The van der Waals surface area contributed by atoms with Crippen molar-refractivity contribution in [2.75, 3.05) is 6.54 Å². The maximum atomic E-state index is 12.6. The fourth-order valence-electron chi connectivity index (χ4n) is 2.94. The fourth-order valence-corrected chi connectivity index (χ4v) is 3.78. The van der Waals surface area contributed by atoms with E-state index in [9.17, 15) is 4.79 Å². The highest BCUT2D eigenvalue weighted by atomic mass is 32.1. The largest absolute Gasteiger partial charge is 0.333 e. The van der Waals surface area contributed by atoms with Crippen LogP contribution in [0, 0.1) is 6.92 Å². The van der Waals surface area contributed by atoms with Crippen molar-refractivity contribution >= 4 is 17.4 Å². The monoisotopic (exact) mass is 315 g/mol. The molecule has 0 unspecified atom stereocenters. The Morgan fingerprint density at radius 3 is 3.09 bits per heavy atom. The van der Waals surface area contributed by atoms with Gasteiger partial charge < -0.3 is 10.2 Å². The van der Waals surface area contributed by atoms with Gasteiger partial charge in [0.1, 0.15) is 0 Å². The molecule has 2 aromatic rings. The summed E-state index contributed by atoms with van der Waals surface area (Å²) >= 11 is 1.69. The van der Waals surface area contributed by atoms with E-state index in [1.807, 2.05) is 17.2 Å². The summed E-state index contributed by atoms with van der Waals surface area (Å²) in [4.78, 5) is 20.0. The number of carbonyl (C=O) groups excluding carboxylic acids is 1. The van der Waals surface area contributed by atoms with Crippen molar-refractivity contribution in [3.63, 3.8) is 0 Å². The molecule has 116 valence electrons.